The van der Waals surface area contributed by atoms with Crippen LogP contribution >= 0.6 is 11.8 Å². The van der Waals surface area contributed by atoms with E-state index in [0.29, 0.717) is 0 Å². The van der Waals surface area contributed by atoms with E-state index in [2.05, 4.69) is 13.8 Å². The highest BCUT2D eigenvalue weighted by Crippen LogP contribution is 2.10. The quantitative estimate of drug-likeness (QED) is 0.555. The van der Waals surface area contributed by atoms with Crippen LogP contribution in [-0.2, 0) is 4.74 Å². The number of ether oxygens (including phenoxy) is 1. The molecule has 0 rings (SSSR count). The number of rotatable bonds is 6. The summed E-state index contributed by atoms with van der Waals surface area (Å²) in [6.07, 6.45) is 2.49. The fraction of sp³-hybridized carbons (Fsp3) is 1.00. The molecule has 0 saturated heterocycles. The van der Waals surface area contributed by atoms with Crippen molar-refractivity contribution in [2.75, 3.05) is 19.5 Å². The van der Waals surface area contributed by atoms with Crippen LogP contribution in [0, 0.1) is 0 Å². The SMILES string of the molecule is COCCCCSC(C)C. The lowest BCUT2D eigenvalue weighted by molar-refractivity contribution is 0.194. The van der Waals surface area contributed by atoms with Gasteiger partial charge in [-0.05, 0) is 23.8 Å². The smallest absolute Gasteiger partial charge is 0.0462 e. The van der Waals surface area contributed by atoms with Crippen molar-refractivity contribution < 1.29 is 4.74 Å². The number of thioether (sulfide) groups is 1. The maximum atomic E-state index is 4.94. The van der Waals surface area contributed by atoms with Gasteiger partial charge in [-0.1, -0.05) is 13.8 Å². The van der Waals surface area contributed by atoms with Gasteiger partial charge >= 0.3 is 0 Å². The van der Waals surface area contributed by atoms with E-state index in [0.717, 1.165) is 11.9 Å². The van der Waals surface area contributed by atoms with Crippen molar-refractivity contribution in [3.63, 3.8) is 0 Å². The molecule has 0 radical (unpaired) electrons. The van der Waals surface area contributed by atoms with E-state index in [1.165, 1.54) is 18.6 Å². The average molecular weight is 162 g/mol. The number of hydrogen-bond donors (Lipinski definition) is 0. The predicted molar refractivity (Wildman–Crippen MR) is 48.7 cm³/mol. The average Bonchev–Trinajstić information content (AvgIpc) is 1.87. The fourth-order valence-electron chi connectivity index (χ4n) is 0.667. The number of methoxy groups -OCH3 is 1. The predicted octanol–water partition coefficient (Wildman–Crippen LogP) is 2.55. The van der Waals surface area contributed by atoms with Crippen molar-refractivity contribution in [2.24, 2.45) is 0 Å². The number of hydrogen-bond acceptors (Lipinski definition) is 2. The maximum Gasteiger partial charge on any atom is 0.0462 e. The minimum absolute atomic E-state index is 0.780. The van der Waals surface area contributed by atoms with Gasteiger partial charge in [-0.2, -0.15) is 11.8 Å². The lowest BCUT2D eigenvalue weighted by Gasteiger charge is -2.03. The van der Waals surface area contributed by atoms with Crippen molar-refractivity contribution in [3.8, 4) is 0 Å². The molecule has 0 atom stereocenters. The van der Waals surface area contributed by atoms with Crippen molar-refractivity contribution in [1.29, 1.82) is 0 Å². The minimum atomic E-state index is 0.780. The second kappa shape index (κ2) is 7.42. The maximum absolute atomic E-state index is 4.94. The molecule has 0 aromatic heterocycles. The Morgan fingerprint density at radius 1 is 1.30 bits per heavy atom. The Bertz CT molecular complexity index is 64.3. The second-order valence-corrected chi connectivity index (χ2v) is 4.30. The molecule has 0 aliphatic heterocycles. The Morgan fingerprint density at radius 3 is 2.50 bits per heavy atom. The van der Waals surface area contributed by atoms with Gasteiger partial charge in [-0.25, -0.2) is 0 Å². The minimum Gasteiger partial charge on any atom is -0.385 e. The monoisotopic (exact) mass is 162 g/mol. The Kier molecular flexibility index (Phi) is 7.65. The summed E-state index contributed by atoms with van der Waals surface area (Å²) in [5.41, 5.74) is 0. The first-order chi connectivity index (χ1) is 4.77. The summed E-state index contributed by atoms with van der Waals surface area (Å²) >= 11 is 2.03. The lowest BCUT2D eigenvalue weighted by Crippen LogP contribution is -1.93. The first kappa shape index (κ1) is 10.3. The Hall–Kier alpha value is 0.310. The third-order valence-corrected chi connectivity index (χ3v) is 2.39. The standard InChI is InChI=1S/C8H18OS/c1-8(2)10-7-5-4-6-9-3/h8H,4-7H2,1-3H3. The van der Waals surface area contributed by atoms with Gasteiger partial charge in [0.05, 0.1) is 0 Å². The molecule has 62 valence electrons. The van der Waals surface area contributed by atoms with Gasteiger partial charge in [0.2, 0.25) is 0 Å². The second-order valence-electron chi connectivity index (χ2n) is 2.62. The zero-order valence-corrected chi connectivity index (χ0v) is 8.04. The van der Waals surface area contributed by atoms with Gasteiger partial charge in [0.1, 0.15) is 0 Å². The summed E-state index contributed by atoms with van der Waals surface area (Å²) in [6, 6.07) is 0. The molecule has 0 amide bonds. The van der Waals surface area contributed by atoms with Crippen molar-refractivity contribution in [2.45, 2.75) is 31.9 Å². The van der Waals surface area contributed by atoms with E-state index in [4.69, 9.17) is 4.74 Å². The molecule has 0 aromatic carbocycles. The van der Waals surface area contributed by atoms with Gasteiger partial charge in [-0.3, -0.25) is 0 Å². The van der Waals surface area contributed by atoms with Crippen LogP contribution in [0.1, 0.15) is 26.7 Å². The van der Waals surface area contributed by atoms with E-state index >= 15 is 0 Å². The topological polar surface area (TPSA) is 9.23 Å². The summed E-state index contributed by atoms with van der Waals surface area (Å²) in [5, 5.41) is 0.780. The molecule has 0 aromatic rings. The molecule has 0 N–H and O–H groups in total. The Labute approximate surface area is 68.5 Å². The van der Waals surface area contributed by atoms with Gasteiger partial charge in [0, 0.05) is 13.7 Å². The van der Waals surface area contributed by atoms with E-state index in [-0.39, 0.29) is 0 Å². The van der Waals surface area contributed by atoms with Crippen molar-refractivity contribution in [1.82, 2.24) is 0 Å². The molecule has 0 spiro atoms. The van der Waals surface area contributed by atoms with Crippen LogP contribution in [0.4, 0.5) is 0 Å². The molecule has 0 unspecified atom stereocenters. The fourth-order valence-corrected chi connectivity index (χ4v) is 1.51. The molecule has 10 heavy (non-hydrogen) atoms. The van der Waals surface area contributed by atoms with Crippen LogP contribution in [0.15, 0.2) is 0 Å². The summed E-state index contributed by atoms with van der Waals surface area (Å²) in [6.45, 7) is 5.39. The van der Waals surface area contributed by atoms with Crippen LogP contribution in [0.25, 0.3) is 0 Å². The van der Waals surface area contributed by atoms with Crippen LogP contribution in [-0.4, -0.2) is 24.7 Å². The van der Waals surface area contributed by atoms with E-state index < -0.39 is 0 Å². The normalized spacial score (nSPS) is 10.8. The molecule has 0 saturated carbocycles. The summed E-state index contributed by atoms with van der Waals surface area (Å²) in [5.74, 6) is 1.28. The molecule has 2 heteroatoms. The molecule has 0 heterocycles. The largest absolute Gasteiger partial charge is 0.385 e. The molecular weight excluding hydrogens is 144 g/mol. The highest BCUT2D eigenvalue weighted by Gasteiger charge is 1.92. The lowest BCUT2D eigenvalue weighted by atomic mass is 10.4. The summed E-state index contributed by atoms with van der Waals surface area (Å²) in [7, 11) is 1.76. The summed E-state index contributed by atoms with van der Waals surface area (Å²) in [4.78, 5) is 0. The van der Waals surface area contributed by atoms with Crippen LogP contribution in [0.2, 0.25) is 0 Å². The van der Waals surface area contributed by atoms with Crippen molar-refractivity contribution in [3.05, 3.63) is 0 Å². The van der Waals surface area contributed by atoms with Gasteiger partial charge in [0.15, 0.2) is 0 Å². The molecule has 0 aliphatic carbocycles. The van der Waals surface area contributed by atoms with Crippen LogP contribution in [0.3, 0.4) is 0 Å². The van der Waals surface area contributed by atoms with Gasteiger partial charge < -0.3 is 4.74 Å². The molecular formula is C8H18OS. The molecule has 0 bridgehead atoms. The number of unbranched alkanes of at least 4 members (excludes halogenated alkanes) is 1. The third-order valence-electron chi connectivity index (χ3n) is 1.19. The third kappa shape index (κ3) is 8.31. The van der Waals surface area contributed by atoms with Crippen molar-refractivity contribution >= 4 is 11.8 Å². The molecule has 1 nitrogen and oxygen atoms in total. The highest BCUT2D eigenvalue weighted by atomic mass is 32.2. The highest BCUT2D eigenvalue weighted by molar-refractivity contribution is 7.99. The molecule has 0 aliphatic rings. The first-order valence-electron chi connectivity index (χ1n) is 3.88. The zero-order valence-electron chi connectivity index (χ0n) is 7.22. The van der Waals surface area contributed by atoms with E-state index in [1.807, 2.05) is 11.8 Å². The van der Waals surface area contributed by atoms with Crippen LogP contribution in [0.5, 0.6) is 0 Å². The zero-order chi connectivity index (χ0) is 7.82. The van der Waals surface area contributed by atoms with Gasteiger partial charge in [-0.15, -0.1) is 0 Å². The molecule has 0 fully saturated rings. The summed E-state index contributed by atoms with van der Waals surface area (Å²) < 4.78 is 4.94. The Balaban J connectivity index is 2.77. The van der Waals surface area contributed by atoms with Gasteiger partial charge in [0.25, 0.3) is 0 Å². The van der Waals surface area contributed by atoms with E-state index in [1.54, 1.807) is 7.11 Å². The van der Waals surface area contributed by atoms with E-state index in [9.17, 15) is 0 Å². The van der Waals surface area contributed by atoms with Crippen LogP contribution < -0.4 is 0 Å². The first-order valence-corrected chi connectivity index (χ1v) is 4.92. The Morgan fingerprint density at radius 2 is 2.00 bits per heavy atom.